The molecule has 27 heavy (non-hydrogen) atoms. The van der Waals surface area contributed by atoms with Crippen molar-refractivity contribution in [3.63, 3.8) is 0 Å². The van der Waals surface area contributed by atoms with Gasteiger partial charge >= 0.3 is 5.97 Å². The summed E-state index contributed by atoms with van der Waals surface area (Å²) in [4.78, 5) is 34.0. The second-order valence-corrected chi connectivity index (χ2v) is 7.91. The molecule has 0 aliphatic rings. The number of carbonyl (C=O) groups excluding carboxylic acids is 1. The molecule has 0 saturated heterocycles. The minimum atomic E-state index is -0.962. The molecule has 148 valence electrons. The third kappa shape index (κ3) is 4.36. The Hall–Kier alpha value is -2.26. The number of carboxylic acids is 1. The van der Waals surface area contributed by atoms with Crippen LogP contribution in [0.1, 0.15) is 48.3 Å². The van der Waals surface area contributed by atoms with Gasteiger partial charge in [-0.25, -0.2) is 4.98 Å². The Bertz CT molecular complexity index is 864. The molecule has 2 rings (SSSR count). The van der Waals surface area contributed by atoms with Crippen molar-refractivity contribution in [3.05, 3.63) is 16.3 Å². The molecular weight excluding hydrogens is 370 g/mol. The zero-order valence-electron chi connectivity index (χ0n) is 16.4. The first kappa shape index (κ1) is 21.0. The third-order valence-corrected chi connectivity index (χ3v) is 5.85. The highest BCUT2D eigenvalue weighted by atomic mass is 32.1. The summed E-state index contributed by atoms with van der Waals surface area (Å²) in [6, 6.07) is 0. The Morgan fingerprint density at radius 1 is 1.30 bits per heavy atom. The van der Waals surface area contributed by atoms with Crippen molar-refractivity contribution in [2.24, 2.45) is 5.92 Å². The van der Waals surface area contributed by atoms with Crippen LogP contribution in [0.15, 0.2) is 0 Å². The highest BCUT2D eigenvalue weighted by Crippen LogP contribution is 2.35. The number of fused-ring (bicyclic) bond motifs is 1. The summed E-state index contributed by atoms with van der Waals surface area (Å²) in [6.45, 7) is 7.54. The van der Waals surface area contributed by atoms with E-state index >= 15 is 0 Å². The molecule has 1 atom stereocenters. The van der Waals surface area contributed by atoms with Gasteiger partial charge in [0.15, 0.2) is 5.82 Å². The quantitative estimate of drug-likeness (QED) is 0.707. The molecule has 2 N–H and O–H groups in total. The lowest BCUT2D eigenvalue weighted by Crippen LogP contribution is -2.51. The molecule has 0 saturated carbocycles. The minimum absolute atomic E-state index is 0.0603. The number of carboxylic acid groups (broad SMARTS) is 1. The maximum atomic E-state index is 12.9. The van der Waals surface area contributed by atoms with Crippen molar-refractivity contribution < 1.29 is 24.2 Å². The first-order chi connectivity index (χ1) is 12.6. The van der Waals surface area contributed by atoms with Crippen molar-refractivity contribution in [2.75, 3.05) is 14.2 Å². The number of rotatable bonds is 8. The van der Waals surface area contributed by atoms with Crippen LogP contribution >= 0.6 is 11.3 Å². The fourth-order valence-electron chi connectivity index (χ4n) is 2.73. The van der Waals surface area contributed by atoms with Crippen molar-refractivity contribution in [1.82, 2.24) is 15.3 Å². The highest BCUT2D eigenvalue weighted by molar-refractivity contribution is 7.20. The van der Waals surface area contributed by atoms with E-state index in [9.17, 15) is 14.7 Å². The van der Waals surface area contributed by atoms with Crippen molar-refractivity contribution in [2.45, 2.75) is 46.3 Å². The molecule has 0 aliphatic heterocycles. The van der Waals surface area contributed by atoms with Crippen LogP contribution in [0.5, 0.6) is 5.88 Å². The maximum Gasteiger partial charge on any atom is 0.305 e. The van der Waals surface area contributed by atoms with Gasteiger partial charge in [-0.1, -0.05) is 13.8 Å². The van der Waals surface area contributed by atoms with Gasteiger partial charge < -0.3 is 19.9 Å². The lowest BCUT2D eigenvalue weighted by Gasteiger charge is -2.33. The number of aryl methyl sites for hydroxylation is 1. The average molecular weight is 395 g/mol. The number of nitrogens with one attached hydrogen (secondary N) is 1. The number of nitrogens with zero attached hydrogens (tertiary/aromatic N) is 2. The van der Waals surface area contributed by atoms with Gasteiger partial charge in [0.25, 0.3) is 5.91 Å². The van der Waals surface area contributed by atoms with Gasteiger partial charge in [-0.15, -0.1) is 11.3 Å². The van der Waals surface area contributed by atoms with Gasteiger partial charge in [-0.05, 0) is 25.3 Å². The smallest absolute Gasteiger partial charge is 0.305 e. The van der Waals surface area contributed by atoms with Gasteiger partial charge in [0.2, 0.25) is 5.88 Å². The van der Waals surface area contributed by atoms with Crippen molar-refractivity contribution in [1.29, 1.82) is 0 Å². The van der Waals surface area contributed by atoms with Crippen LogP contribution in [0.25, 0.3) is 10.2 Å². The maximum absolute atomic E-state index is 12.9. The average Bonchev–Trinajstić information content (AvgIpc) is 2.90. The van der Waals surface area contributed by atoms with E-state index < -0.39 is 11.5 Å². The molecule has 0 spiro atoms. The summed E-state index contributed by atoms with van der Waals surface area (Å²) in [7, 11) is 3.06. The van der Waals surface area contributed by atoms with E-state index in [4.69, 9.17) is 9.47 Å². The molecule has 0 fully saturated rings. The Kier molecular flexibility index (Phi) is 6.38. The number of amides is 1. The summed E-state index contributed by atoms with van der Waals surface area (Å²) in [5, 5.41) is 12.8. The number of aliphatic carboxylic acids is 1. The number of methoxy groups -OCH3 is 2. The predicted octanol–water partition coefficient (Wildman–Crippen LogP) is 2.77. The summed E-state index contributed by atoms with van der Waals surface area (Å²) in [5.41, 5.74) is -0.169. The molecule has 2 aromatic rings. The second-order valence-electron chi connectivity index (χ2n) is 6.92. The number of hydrogen-bond donors (Lipinski definition) is 2. The van der Waals surface area contributed by atoms with Crippen LogP contribution in [-0.4, -0.2) is 46.7 Å². The normalized spacial score (nSPS) is 13.6. The standard InChI is InChI=1S/C18H25N3O5S/c1-9(2)18(4,7-12(22)23)21-15(24)14-10(3)13-16(26-6)19-11(8-25-5)20-17(13)27-14/h9H,7-8H2,1-6H3,(H,21,24)(H,22,23). The first-order valence-corrected chi connectivity index (χ1v) is 9.31. The van der Waals surface area contributed by atoms with Crippen molar-refractivity contribution >= 4 is 33.4 Å². The SMILES string of the molecule is COCc1nc(OC)c2c(C)c(C(=O)NC(C)(CC(=O)O)C(C)C)sc2n1. The predicted molar refractivity (Wildman–Crippen MR) is 102 cm³/mol. The highest BCUT2D eigenvalue weighted by Gasteiger charge is 2.34. The van der Waals surface area contributed by atoms with Gasteiger partial charge in [-0.3, -0.25) is 9.59 Å². The summed E-state index contributed by atoms with van der Waals surface area (Å²) >= 11 is 1.23. The fourth-order valence-corrected chi connectivity index (χ4v) is 3.81. The van der Waals surface area contributed by atoms with Gasteiger partial charge in [-0.2, -0.15) is 4.98 Å². The molecule has 0 radical (unpaired) electrons. The molecule has 0 aromatic carbocycles. The fraction of sp³-hybridized carbons (Fsp3) is 0.556. The summed E-state index contributed by atoms with van der Waals surface area (Å²) < 4.78 is 10.4. The first-order valence-electron chi connectivity index (χ1n) is 8.50. The molecule has 2 aromatic heterocycles. The van der Waals surface area contributed by atoms with Crippen LogP contribution in [0.4, 0.5) is 0 Å². The lowest BCUT2D eigenvalue weighted by atomic mass is 9.85. The molecular formula is C18H25N3O5S. The number of ether oxygens (including phenoxy) is 2. The number of carbonyl (C=O) groups is 2. The van der Waals surface area contributed by atoms with E-state index in [2.05, 4.69) is 15.3 Å². The molecule has 0 bridgehead atoms. The Morgan fingerprint density at radius 2 is 1.96 bits per heavy atom. The van der Waals surface area contributed by atoms with Crippen LogP contribution in [-0.2, 0) is 16.1 Å². The number of hydrogen-bond acceptors (Lipinski definition) is 7. The van der Waals surface area contributed by atoms with Gasteiger partial charge in [0, 0.05) is 7.11 Å². The molecule has 1 amide bonds. The van der Waals surface area contributed by atoms with Crippen molar-refractivity contribution in [3.8, 4) is 5.88 Å². The molecule has 1 unspecified atom stereocenters. The second kappa shape index (κ2) is 8.18. The molecule has 2 heterocycles. The monoisotopic (exact) mass is 395 g/mol. The lowest BCUT2D eigenvalue weighted by molar-refractivity contribution is -0.138. The molecule has 0 aliphatic carbocycles. The van der Waals surface area contributed by atoms with Crippen LogP contribution < -0.4 is 10.1 Å². The van der Waals surface area contributed by atoms with E-state index in [1.807, 2.05) is 13.8 Å². The number of thiophene rings is 1. The Morgan fingerprint density at radius 3 is 2.48 bits per heavy atom. The summed E-state index contributed by atoms with van der Waals surface area (Å²) in [5.74, 6) is -0.501. The molecule has 8 nitrogen and oxygen atoms in total. The van der Waals surface area contributed by atoms with Crippen LogP contribution in [0.3, 0.4) is 0 Å². The Balaban J connectivity index is 2.47. The minimum Gasteiger partial charge on any atom is -0.481 e. The largest absolute Gasteiger partial charge is 0.481 e. The van der Waals surface area contributed by atoms with Gasteiger partial charge in [0.1, 0.15) is 11.4 Å². The zero-order valence-corrected chi connectivity index (χ0v) is 17.2. The van der Waals surface area contributed by atoms with Crippen LogP contribution in [0, 0.1) is 12.8 Å². The topological polar surface area (TPSA) is 111 Å². The zero-order chi connectivity index (χ0) is 20.4. The van der Waals surface area contributed by atoms with E-state index in [0.29, 0.717) is 32.4 Å². The van der Waals surface area contributed by atoms with E-state index in [-0.39, 0.29) is 24.9 Å². The number of aromatic nitrogens is 2. The third-order valence-electron chi connectivity index (χ3n) is 4.67. The van der Waals surface area contributed by atoms with Crippen LogP contribution in [0.2, 0.25) is 0 Å². The Labute approximate surface area is 161 Å². The van der Waals surface area contributed by atoms with E-state index in [1.54, 1.807) is 21.0 Å². The van der Waals surface area contributed by atoms with Gasteiger partial charge in [0.05, 0.1) is 29.3 Å². The van der Waals surface area contributed by atoms with E-state index in [1.165, 1.54) is 18.4 Å². The van der Waals surface area contributed by atoms with E-state index in [0.717, 1.165) is 0 Å². The summed E-state index contributed by atoms with van der Waals surface area (Å²) in [6.07, 6.45) is -0.165. The molecule has 9 heteroatoms.